The first kappa shape index (κ1) is 44.7. The van der Waals surface area contributed by atoms with Crippen molar-refractivity contribution in [2.24, 2.45) is 5.92 Å². The van der Waals surface area contributed by atoms with Crippen molar-refractivity contribution in [3.63, 3.8) is 0 Å². The van der Waals surface area contributed by atoms with Crippen LogP contribution in [-0.2, 0) is 19.2 Å². The van der Waals surface area contributed by atoms with Crippen LogP contribution < -0.4 is 35.4 Å². The number of benzene rings is 2. The Hall–Kier alpha value is -5.91. The predicted octanol–water partition coefficient (Wildman–Crippen LogP) is 4.92. The topological polar surface area (TPSA) is 190 Å². The smallest absolute Gasteiger partial charge is 0.251 e. The van der Waals surface area contributed by atoms with Crippen LogP contribution in [0.4, 0.5) is 37.6 Å². The third kappa shape index (κ3) is 8.80. The second-order valence-corrected chi connectivity index (χ2v) is 17.8. The summed E-state index contributed by atoms with van der Waals surface area (Å²) in [6.07, 6.45) is 8.86. The normalized spacial score (nSPS) is 22.6. The lowest BCUT2D eigenvalue weighted by molar-refractivity contribution is -0.138. The van der Waals surface area contributed by atoms with E-state index >= 15 is 8.78 Å². The standard InChI is InChI=1S/C46H57F2N9O7/c1-4-35-44(63)54(2)36-25-49-45(52-40(36)57(35)29-9-5-6-10-29)50-34-13-11-27(22-37(34)64-3)41(60)53-46(17-21-58)15-19-55(20-16-46)43(62)28-8-7-18-56(26-28)30-23-32(47)39(33(48)24-30)31-12-14-38(59)51-42(31)61/h11,13,22-25,28-29,31,35,58H,4-10,12,14-21,26H2,1-3H3,(H,53,60)(H,49,50,52)(H,51,59,61)/t28-,31?,35+/m0/s1. The molecule has 8 rings (SSSR count). The Morgan fingerprint density at radius 3 is 2.41 bits per heavy atom. The van der Waals surface area contributed by atoms with Crippen LogP contribution in [0.5, 0.6) is 5.75 Å². The number of hydrogen-bond acceptors (Lipinski definition) is 12. The molecule has 2 aromatic carbocycles. The van der Waals surface area contributed by atoms with Crippen molar-refractivity contribution < 1.29 is 42.6 Å². The van der Waals surface area contributed by atoms with Crippen molar-refractivity contribution in [2.75, 3.05) is 67.0 Å². The van der Waals surface area contributed by atoms with Crippen LogP contribution >= 0.6 is 0 Å². The van der Waals surface area contributed by atoms with Gasteiger partial charge in [0.25, 0.3) is 5.91 Å². The number of ether oxygens (including phenoxy) is 1. The van der Waals surface area contributed by atoms with Crippen LogP contribution in [0.2, 0.25) is 0 Å². The Kier molecular flexibility index (Phi) is 13.0. The molecule has 0 spiro atoms. The molecule has 1 aromatic heterocycles. The van der Waals surface area contributed by atoms with E-state index in [1.54, 1.807) is 46.1 Å². The van der Waals surface area contributed by atoms with E-state index in [9.17, 15) is 29.1 Å². The summed E-state index contributed by atoms with van der Waals surface area (Å²) in [5, 5.41) is 18.7. The number of carbonyl (C=O) groups excluding carboxylic acids is 5. The van der Waals surface area contributed by atoms with Gasteiger partial charge in [0.1, 0.15) is 29.1 Å². The van der Waals surface area contributed by atoms with Crippen LogP contribution in [-0.4, -0.2) is 114 Å². The van der Waals surface area contributed by atoms with Gasteiger partial charge in [-0.2, -0.15) is 4.98 Å². The van der Waals surface area contributed by atoms with Crippen molar-refractivity contribution in [1.82, 2.24) is 25.5 Å². The van der Waals surface area contributed by atoms with Crippen LogP contribution in [0.25, 0.3) is 0 Å². The lowest BCUT2D eigenvalue weighted by Crippen LogP contribution is -2.57. The van der Waals surface area contributed by atoms with Crippen molar-refractivity contribution in [1.29, 1.82) is 0 Å². The molecule has 5 aliphatic rings. The van der Waals surface area contributed by atoms with E-state index in [2.05, 4.69) is 25.8 Å². The Bertz CT molecular complexity index is 2280. The van der Waals surface area contributed by atoms with E-state index in [4.69, 9.17) is 9.72 Å². The number of rotatable bonds is 12. The summed E-state index contributed by atoms with van der Waals surface area (Å²) in [5.74, 6) is -3.45. The molecule has 16 nitrogen and oxygen atoms in total. The molecule has 5 heterocycles. The van der Waals surface area contributed by atoms with Gasteiger partial charge in [-0.05, 0) is 88.1 Å². The minimum Gasteiger partial charge on any atom is -0.495 e. The number of amides is 5. The fraction of sp³-hybridized carbons (Fsp3) is 0.543. The number of halogens is 2. The fourth-order valence-corrected chi connectivity index (χ4v) is 10.3. The average molecular weight is 886 g/mol. The number of likely N-dealkylation sites (tertiary alicyclic amines) is 1. The van der Waals surface area contributed by atoms with Crippen molar-refractivity contribution >= 4 is 58.4 Å². The third-order valence-electron chi connectivity index (χ3n) is 13.9. The van der Waals surface area contributed by atoms with E-state index in [1.165, 1.54) is 19.2 Å². The molecular formula is C46H57F2N9O7. The highest BCUT2D eigenvalue weighted by atomic mass is 19.1. The largest absolute Gasteiger partial charge is 0.495 e. The highest BCUT2D eigenvalue weighted by Gasteiger charge is 2.42. The third-order valence-corrected chi connectivity index (χ3v) is 13.9. The Labute approximate surface area is 371 Å². The summed E-state index contributed by atoms with van der Waals surface area (Å²) >= 11 is 0. The number of methoxy groups -OCH3 is 1. The van der Waals surface area contributed by atoms with Crippen molar-refractivity contribution in [3.05, 3.63) is 59.3 Å². The number of hydrogen-bond donors (Lipinski definition) is 4. The monoisotopic (exact) mass is 885 g/mol. The molecule has 4 fully saturated rings. The molecule has 342 valence electrons. The molecule has 1 unspecified atom stereocenters. The minimum atomic E-state index is -1.10. The van der Waals surface area contributed by atoms with Gasteiger partial charge in [0.05, 0.1) is 30.8 Å². The molecule has 0 bridgehead atoms. The average Bonchev–Trinajstić information content (AvgIpc) is 3.83. The summed E-state index contributed by atoms with van der Waals surface area (Å²) in [5.41, 5.74) is 0.668. The number of anilines is 5. The van der Waals surface area contributed by atoms with Gasteiger partial charge < -0.3 is 40.1 Å². The van der Waals surface area contributed by atoms with Crippen LogP contribution in [0, 0.1) is 17.6 Å². The molecule has 4 N–H and O–H groups in total. The van der Waals surface area contributed by atoms with Crippen molar-refractivity contribution in [2.45, 2.75) is 108 Å². The molecule has 3 aromatic rings. The van der Waals surface area contributed by atoms with E-state index in [0.29, 0.717) is 86.2 Å². The number of imide groups is 1. The second-order valence-electron chi connectivity index (χ2n) is 17.8. The van der Waals surface area contributed by atoms with Gasteiger partial charge in [0.15, 0.2) is 5.82 Å². The van der Waals surface area contributed by atoms with Crippen molar-refractivity contribution in [3.8, 4) is 5.75 Å². The summed E-state index contributed by atoms with van der Waals surface area (Å²) in [6.45, 7) is 3.28. The number of aromatic nitrogens is 2. The maximum absolute atomic E-state index is 15.4. The molecule has 1 saturated carbocycles. The van der Waals surface area contributed by atoms with Gasteiger partial charge in [-0.25, -0.2) is 13.8 Å². The van der Waals surface area contributed by atoms with E-state index in [-0.39, 0.29) is 73.5 Å². The van der Waals surface area contributed by atoms with Crippen LogP contribution in [0.1, 0.15) is 106 Å². The zero-order valence-electron chi connectivity index (χ0n) is 36.6. The number of aliphatic hydroxyl groups excluding tert-OH is 1. The highest BCUT2D eigenvalue weighted by Crippen LogP contribution is 2.41. The first-order valence-corrected chi connectivity index (χ1v) is 22.5. The number of carbonyl (C=O) groups is 5. The summed E-state index contributed by atoms with van der Waals surface area (Å²) in [4.78, 5) is 81.9. The molecule has 18 heteroatoms. The van der Waals surface area contributed by atoms with E-state index in [1.807, 2.05) is 6.92 Å². The van der Waals surface area contributed by atoms with Gasteiger partial charge in [-0.3, -0.25) is 29.3 Å². The maximum atomic E-state index is 15.4. The summed E-state index contributed by atoms with van der Waals surface area (Å²) in [7, 11) is 3.26. The van der Waals surface area contributed by atoms with E-state index < -0.39 is 40.8 Å². The second kappa shape index (κ2) is 18.7. The summed E-state index contributed by atoms with van der Waals surface area (Å²) in [6, 6.07) is 7.31. The lowest BCUT2D eigenvalue weighted by Gasteiger charge is -2.44. The number of piperidine rings is 3. The van der Waals surface area contributed by atoms with Crippen LogP contribution in [0.3, 0.4) is 0 Å². The Balaban J connectivity index is 0.906. The molecule has 3 saturated heterocycles. The number of likely N-dealkylation sites (N-methyl/N-ethyl adjacent to an activating group) is 1. The zero-order valence-corrected chi connectivity index (χ0v) is 36.6. The fourth-order valence-electron chi connectivity index (χ4n) is 10.3. The maximum Gasteiger partial charge on any atom is 0.251 e. The predicted molar refractivity (Wildman–Crippen MR) is 235 cm³/mol. The van der Waals surface area contributed by atoms with Gasteiger partial charge in [0.2, 0.25) is 29.6 Å². The van der Waals surface area contributed by atoms with Gasteiger partial charge in [0, 0.05) is 74.6 Å². The molecule has 0 radical (unpaired) electrons. The van der Waals surface area contributed by atoms with Gasteiger partial charge in [-0.1, -0.05) is 19.8 Å². The first-order chi connectivity index (χ1) is 30.8. The first-order valence-electron chi connectivity index (χ1n) is 22.5. The highest BCUT2D eigenvalue weighted by molar-refractivity contribution is 6.04. The molecule has 64 heavy (non-hydrogen) atoms. The Morgan fingerprint density at radius 1 is 1.00 bits per heavy atom. The number of fused-ring (bicyclic) bond motifs is 1. The lowest BCUT2D eigenvalue weighted by atomic mass is 9.83. The molecule has 1 aliphatic carbocycles. The quantitative estimate of drug-likeness (QED) is 0.180. The van der Waals surface area contributed by atoms with Gasteiger partial charge >= 0.3 is 0 Å². The van der Waals surface area contributed by atoms with Crippen LogP contribution in [0.15, 0.2) is 36.5 Å². The Morgan fingerprint density at radius 2 is 1.73 bits per heavy atom. The molecule has 3 atom stereocenters. The minimum absolute atomic E-state index is 0.00401. The zero-order chi connectivity index (χ0) is 45.3. The molecular weight excluding hydrogens is 829 g/mol. The number of nitrogens with zero attached hydrogens (tertiary/aromatic N) is 6. The SMILES string of the molecule is CC[C@@H]1C(=O)N(C)c2cnc(Nc3ccc(C(=O)NC4(CCO)CCN(C(=O)[C@H]5CCCN(c6cc(F)c(C7CCC(=O)NC7=O)c(F)c6)C5)CC4)cc3OC)nc2N1C1CCCC1. The van der Waals surface area contributed by atoms with E-state index in [0.717, 1.165) is 25.7 Å². The van der Waals surface area contributed by atoms with Gasteiger partial charge in [-0.15, -0.1) is 0 Å². The summed E-state index contributed by atoms with van der Waals surface area (Å²) < 4.78 is 36.5. The number of nitrogens with one attached hydrogen (secondary N) is 3. The molecule has 5 amide bonds. The molecule has 4 aliphatic heterocycles. The number of aliphatic hydroxyl groups is 1.